The minimum absolute atomic E-state index is 0.0405. The van der Waals surface area contributed by atoms with E-state index in [0.29, 0.717) is 12.4 Å². The van der Waals surface area contributed by atoms with Crippen LogP contribution >= 0.6 is 0 Å². The third-order valence-electron chi connectivity index (χ3n) is 5.09. The van der Waals surface area contributed by atoms with E-state index in [4.69, 9.17) is 4.74 Å². The van der Waals surface area contributed by atoms with E-state index < -0.39 is 0 Å². The molecule has 2 unspecified atom stereocenters. The Hall–Kier alpha value is -0.530. The first-order valence-corrected chi connectivity index (χ1v) is 7.15. The van der Waals surface area contributed by atoms with Crippen molar-refractivity contribution in [2.75, 3.05) is 0 Å². The molecule has 1 saturated carbocycles. The van der Waals surface area contributed by atoms with Gasteiger partial charge < -0.3 is 4.74 Å². The Morgan fingerprint density at radius 2 is 1.61 bits per heavy atom. The smallest absolute Gasteiger partial charge is 0.293 e. The van der Waals surface area contributed by atoms with Gasteiger partial charge in [0.1, 0.15) is 6.10 Å². The summed E-state index contributed by atoms with van der Waals surface area (Å²) in [5, 5.41) is 0. The summed E-state index contributed by atoms with van der Waals surface area (Å²) < 4.78 is 5.54. The molecule has 1 rings (SSSR count). The molecule has 0 bridgehead atoms. The molecule has 2 nitrogen and oxygen atoms in total. The molecule has 1 aliphatic rings. The van der Waals surface area contributed by atoms with Gasteiger partial charge in [0.05, 0.1) is 0 Å². The van der Waals surface area contributed by atoms with Crippen LogP contribution in [-0.2, 0) is 9.53 Å². The molecule has 2 atom stereocenters. The average Bonchev–Trinajstić information content (AvgIpc) is 2.14. The Bertz CT molecular complexity index is 279. The number of carbonyl (C=O) groups excluding carboxylic acids is 1. The molecule has 0 amide bonds. The highest BCUT2D eigenvalue weighted by Crippen LogP contribution is 2.61. The molecule has 18 heavy (non-hydrogen) atoms. The van der Waals surface area contributed by atoms with E-state index in [1.165, 1.54) is 6.42 Å². The molecule has 2 heteroatoms. The van der Waals surface area contributed by atoms with E-state index in [1.807, 2.05) is 0 Å². The molecular weight excluding hydrogens is 224 g/mol. The van der Waals surface area contributed by atoms with E-state index in [2.05, 4.69) is 48.5 Å². The lowest BCUT2D eigenvalue weighted by Crippen LogP contribution is -2.57. The van der Waals surface area contributed by atoms with Crippen LogP contribution in [0.1, 0.15) is 67.7 Å². The van der Waals surface area contributed by atoms with Gasteiger partial charge >= 0.3 is 0 Å². The van der Waals surface area contributed by atoms with Gasteiger partial charge in [0, 0.05) is 5.41 Å². The van der Waals surface area contributed by atoms with Crippen LogP contribution in [0.25, 0.3) is 0 Å². The molecule has 0 aliphatic heterocycles. The molecule has 0 heterocycles. The zero-order valence-electron chi connectivity index (χ0n) is 13.2. The van der Waals surface area contributed by atoms with Gasteiger partial charge in [0.25, 0.3) is 6.47 Å². The van der Waals surface area contributed by atoms with Crippen LogP contribution in [0.4, 0.5) is 0 Å². The summed E-state index contributed by atoms with van der Waals surface area (Å²) in [6, 6.07) is 0. The molecule has 1 fully saturated rings. The Kier molecular flexibility index (Phi) is 4.19. The van der Waals surface area contributed by atoms with Crippen LogP contribution < -0.4 is 0 Å². The first-order valence-electron chi connectivity index (χ1n) is 7.15. The summed E-state index contributed by atoms with van der Waals surface area (Å²) in [7, 11) is 0. The molecule has 0 radical (unpaired) electrons. The van der Waals surface area contributed by atoms with Crippen molar-refractivity contribution < 1.29 is 9.53 Å². The van der Waals surface area contributed by atoms with Crippen molar-refractivity contribution in [3.8, 4) is 0 Å². The van der Waals surface area contributed by atoms with Crippen molar-refractivity contribution in [3.05, 3.63) is 0 Å². The molecule has 0 aromatic heterocycles. The molecule has 0 aromatic carbocycles. The Labute approximate surface area is 112 Å². The maximum Gasteiger partial charge on any atom is 0.293 e. The predicted octanol–water partition coefficient (Wildman–Crippen LogP) is 4.43. The third kappa shape index (κ3) is 2.44. The molecule has 0 spiro atoms. The lowest BCUT2D eigenvalue weighted by atomic mass is 9.47. The van der Waals surface area contributed by atoms with E-state index >= 15 is 0 Å². The zero-order valence-corrected chi connectivity index (χ0v) is 13.2. The van der Waals surface area contributed by atoms with Gasteiger partial charge in [-0.25, -0.2) is 0 Å². The van der Waals surface area contributed by atoms with Crippen molar-refractivity contribution in [2.24, 2.45) is 22.2 Å². The van der Waals surface area contributed by atoms with Gasteiger partial charge in [-0.3, -0.25) is 4.79 Å². The highest BCUT2D eigenvalue weighted by molar-refractivity contribution is 5.38. The second-order valence-corrected chi connectivity index (χ2v) is 8.07. The summed E-state index contributed by atoms with van der Waals surface area (Å²) in [6.07, 6.45) is 3.40. The largest absolute Gasteiger partial charge is 0.464 e. The molecule has 106 valence electrons. The lowest BCUT2D eigenvalue weighted by molar-refractivity contribution is -0.183. The van der Waals surface area contributed by atoms with E-state index in [-0.39, 0.29) is 22.3 Å². The van der Waals surface area contributed by atoms with Gasteiger partial charge in [-0.2, -0.15) is 0 Å². The SMILES string of the molecule is CC1CCC(C(C)(C)C)(C(C)(C)C)C(OC=O)C1. The minimum atomic E-state index is 0.0405. The molecule has 0 N–H and O–H groups in total. The van der Waals surface area contributed by atoms with Crippen LogP contribution in [-0.4, -0.2) is 12.6 Å². The van der Waals surface area contributed by atoms with Crippen LogP contribution in [0.5, 0.6) is 0 Å². The van der Waals surface area contributed by atoms with E-state index in [0.717, 1.165) is 12.8 Å². The quantitative estimate of drug-likeness (QED) is 0.682. The Morgan fingerprint density at radius 1 is 1.11 bits per heavy atom. The van der Waals surface area contributed by atoms with Crippen LogP contribution in [0.3, 0.4) is 0 Å². The summed E-state index contributed by atoms with van der Waals surface area (Å²) >= 11 is 0. The number of ether oxygens (including phenoxy) is 1. The van der Waals surface area contributed by atoms with Crippen LogP contribution in [0.2, 0.25) is 0 Å². The standard InChI is InChI=1S/C16H30O2/c1-12-8-9-16(14(2,3)4,15(5,6)7)13(10-12)18-11-17/h11-13H,8-10H2,1-7H3. The summed E-state index contributed by atoms with van der Waals surface area (Å²) in [5.41, 5.74) is 0.297. The Morgan fingerprint density at radius 3 is 2.00 bits per heavy atom. The maximum atomic E-state index is 10.9. The normalized spacial score (nSPS) is 28.8. The van der Waals surface area contributed by atoms with Crippen molar-refractivity contribution in [1.29, 1.82) is 0 Å². The van der Waals surface area contributed by atoms with Gasteiger partial charge in [0.2, 0.25) is 0 Å². The topological polar surface area (TPSA) is 26.3 Å². The number of hydrogen-bond donors (Lipinski definition) is 0. The average molecular weight is 254 g/mol. The fraction of sp³-hybridized carbons (Fsp3) is 0.938. The molecule has 1 aliphatic carbocycles. The minimum Gasteiger partial charge on any atom is -0.464 e. The van der Waals surface area contributed by atoms with Gasteiger partial charge in [0.15, 0.2) is 0 Å². The summed E-state index contributed by atoms with van der Waals surface area (Å²) in [5.74, 6) is 0.646. The van der Waals surface area contributed by atoms with E-state index in [1.54, 1.807) is 0 Å². The molecule has 0 saturated heterocycles. The number of carbonyl (C=O) groups is 1. The van der Waals surface area contributed by atoms with Crippen LogP contribution in [0, 0.1) is 22.2 Å². The van der Waals surface area contributed by atoms with Gasteiger partial charge in [-0.1, -0.05) is 48.5 Å². The van der Waals surface area contributed by atoms with Crippen molar-refractivity contribution in [2.45, 2.75) is 73.8 Å². The van der Waals surface area contributed by atoms with Crippen LogP contribution in [0.15, 0.2) is 0 Å². The van der Waals surface area contributed by atoms with Gasteiger partial charge in [-0.05, 0) is 36.0 Å². The fourth-order valence-electron chi connectivity index (χ4n) is 4.40. The highest BCUT2D eigenvalue weighted by atomic mass is 16.5. The van der Waals surface area contributed by atoms with Crippen molar-refractivity contribution in [3.63, 3.8) is 0 Å². The van der Waals surface area contributed by atoms with Crippen molar-refractivity contribution >= 4 is 6.47 Å². The predicted molar refractivity (Wildman–Crippen MR) is 75.3 cm³/mol. The monoisotopic (exact) mass is 254 g/mol. The second-order valence-electron chi connectivity index (χ2n) is 8.07. The lowest BCUT2D eigenvalue weighted by Gasteiger charge is -2.59. The number of hydrogen-bond acceptors (Lipinski definition) is 2. The van der Waals surface area contributed by atoms with Gasteiger partial charge in [-0.15, -0.1) is 0 Å². The zero-order chi connectivity index (χ0) is 14.2. The fourth-order valence-corrected chi connectivity index (χ4v) is 4.40. The first kappa shape index (κ1) is 15.5. The highest BCUT2D eigenvalue weighted by Gasteiger charge is 2.57. The third-order valence-corrected chi connectivity index (χ3v) is 5.09. The molecule has 0 aromatic rings. The maximum absolute atomic E-state index is 10.9. The Balaban J connectivity index is 3.26. The second kappa shape index (κ2) is 4.86. The van der Waals surface area contributed by atoms with E-state index in [9.17, 15) is 4.79 Å². The van der Waals surface area contributed by atoms with Crippen molar-refractivity contribution in [1.82, 2.24) is 0 Å². The first-order chi connectivity index (χ1) is 8.06. The summed E-state index contributed by atoms with van der Waals surface area (Å²) in [4.78, 5) is 10.9. The summed E-state index contributed by atoms with van der Waals surface area (Å²) in [6.45, 7) is 16.6. The number of rotatable bonds is 2. The molecular formula is C16H30O2.